The number of nitrogens with zero attached hydrogens (tertiary/aromatic N) is 5. The third-order valence-corrected chi connectivity index (χ3v) is 4.82. The van der Waals surface area contributed by atoms with Gasteiger partial charge in [-0.15, -0.1) is 0 Å². The summed E-state index contributed by atoms with van der Waals surface area (Å²) in [5.74, 6) is 1.61. The summed E-state index contributed by atoms with van der Waals surface area (Å²) in [6.07, 6.45) is 11.9. The van der Waals surface area contributed by atoms with Gasteiger partial charge in [0.15, 0.2) is 0 Å². The lowest BCUT2D eigenvalue weighted by Gasteiger charge is -2.23. The second-order valence-corrected chi connectivity index (χ2v) is 6.55. The minimum atomic E-state index is -0.105. The van der Waals surface area contributed by atoms with Gasteiger partial charge in [0.05, 0.1) is 31.0 Å². The standard InChI is InChI=1S/C17H22N6O/c1-2-13-8-20-16(21-9-13)23-6-3-17(12-23)7-14(11-24-17)22-15-10-18-4-5-19-15/h4-5,8-10,14H,2-3,6-7,11-12H2,1H3,(H,19,22)/t14-,17+/m1/s1. The third-order valence-electron chi connectivity index (χ3n) is 4.82. The molecule has 0 aromatic carbocycles. The summed E-state index contributed by atoms with van der Waals surface area (Å²) < 4.78 is 6.17. The molecule has 4 rings (SSSR count). The van der Waals surface area contributed by atoms with Crippen molar-refractivity contribution in [3.63, 3.8) is 0 Å². The lowest BCUT2D eigenvalue weighted by Crippen LogP contribution is -2.34. The Morgan fingerprint density at radius 2 is 2.12 bits per heavy atom. The SMILES string of the molecule is CCc1cnc(N2CC[C@]3(C[C@@H](Nc4cnccn4)CO3)C2)nc1. The smallest absolute Gasteiger partial charge is 0.225 e. The minimum absolute atomic E-state index is 0.105. The molecule has 1 N–H and O–H groups in total. The number of ether oxygens (including phenoxy) is 1. The van der Waals surface area contributed by atoms with Crippen LogP contribution in [-0.4, -0.2) is 51.3 Å². The molecule has 0 radical (unpaired) electrons. The molecule has 0 aliphatic carbocycles. The highest BCUT2D eigenvalue weighted by atomic mass is 16.5. The van der Waals surface area contributed by atoms with Gasteiger partial charge in [0, 0.05) is 37.8 Å². The summed E-state index contributed by atoms with van der Waals surface area (Å²) >= 11 is 0. The highest BCUT2D eigenvalue weighted by Gasteiger charge is 2.46. The van der Waals surface area contributed by atoms with Gasteiger partial charge in [-0.05, 0) is 18.4 Å². The van der Waals surface area contributed by atoms with Gasteiger partial charge >= 0.3 is 0 Å². The van der Waals surface area contributed by atoms with Crippen LogP contribution in [0.5, 0.6) is 0 Å². The van der Waals surface area contributed by atoms with Crippen molar-refractivity contribution < 1.29 is 4.74 Å². The first-order chi connectivity index (χ1) is 11.8. The Hall–Kier alpha value is -2.28. The summed E-state index contributed by atoms with van der Waals surface area (Å²) in [4.78, 5) is 19.6. The van der Waals surface area contributed by atoms with E-state index in [9.17, 15) is 0 Å². The highest BCUT2D eigenvalue weighted by Crippen LogP contribution is 2.37. The van der Waals surface area contributed by atoms with Crippen LogP contribution < -0.4 is 10.2 Å². The molecule has 2 aromatic rings. The topological polar surface area (TPSA) is 76.1 Å². The van der Waals surface area contributed by atoms with Gasteiger partial charge in [0.2, 0.25) is 5.95 Å². The van der Waals surface area contributed by atoms with Crippen molar-refractivity contribution in [3.05, 3.63) is 36.5 Å². The van der Waals surface area contributed by atoms with Gasteiger partial charge in [-0.1, -0.05) is 6.92 Å². The number of aryl methyl sites for hydroxylation is 1. The molecule has 1 spiro atoms. The van der Waals surface area contributed by atoms with E-state index in [0.29, 0.717) is 6.61 Å². The van der Waals surface area contributed by atoms with E-state index in [0.717, 1.165) is 49.7 Å². The number of rotatable bonds is 4. The first kappa shape index (κ1) is 15.3. The van der Waals surface area contributed by atoms with Crippen molar-refractivity contribution >= 4 is 11.8 Å². The molecule has 2 saturated heterocycles. The monoisotopic (exact) mass is 326 g/mol. The molecule has 2 aromatic heterocycles. The predicted molar refractivity (Wildman–Crippen MR) is 91.0 cm³/mol. The Morgan fingerprint density at radius 3 is 2.88 bits per heavy atom. The van der Waals surface area contributed by atoms with E-state index >= 15 is 0 Å². The van der Waals surface area contributed by atoms with Gasteiger partial charge < -0.3 is 15.0 Å². The number of hydrogen-bond acceptors (Lipinski definition) is 7. The molecule has 126 valence electrons. The zero-order chi connectivity index (χ0) is 16.4. The van der Waals surface area contributed by atoms with Crippen molar-refractivity contribution in [2.75, 3.05) is 29.9 Å². The first-order valence-corrected chi connectivity index (χ1v) is 8.49. The molecular weight excluding hydrogens is 304 g/mol. The van der Waals surface area contributed by atoms with Crippen LogP contribution in [0.1, 0.15) is 25.3 Å². The first-order valence-electron chi connectivity index (χ1n) is 8.49. The van der Waals surface area contributed by atoms with Crippen molar-refractivity contribution in [2.24, 2.45) is 0 Å². The van der Waals surface area contributed by atoms with Crippen LogP contribution in [0.4, 0.5) is 11.8 Å². The minimum Gasteiger partial charge on any atom is -0.371 e. The molecule has 4 heterocycles. The largest absolute Gasteiger partial charge is 0.371 e. The summed E-state index contributed by atoms with van der Waals surface area (Å²) in [7, 11) is 0. The molecule has 2 fully saturated rings. The Balaban J connectivity index is 1.39. The molecular formula is C17H22N6O. The molecule has 7 nitrogen and oxygen atoms in total. The van der Waals surface area contributed by atoms with Crippen LogP contribution in [0.3, 0.4) is 0 Å². The number of aromatic nitrogens is 4. The van der Waals surface area contributed by atoms with Gasteiger partial charge in [0.1, 0.15) is 5.82 Å². The van der Waals surface area contributed by atoms with Crippen LogP contribution in [0, 0.1) is 0 Å². The maximum Gasteiger partial charge on any atom is 0.225 e. The molecule has 2 aliphatic heterocycles. The fraction of sp³-hybridized carbons (Fsp3) is 0.529. The Labute approximate surface area is 141 Å². The zero-order valence-corrected chi connectivity index (χ0v) is 13.9. The van der Waals surface area contributed by atoms with Crippen molar-refractivity contribution in [1.82, 2.24) is 19.9 Å². The van der Waals surface area contributed by atoms with Gasteiger partial charge in [0.25, 0.3) is 0 Å². The van der Waals surface area contributed by atoms with E-state index in [4.69, 9.17) is 4.74 Å². The van der Waals surface area contributed by atoms with E-state index in [-0.39, 0.29) is 11.6 Å². The molecule has 0 unspecified atom stereocenters. The Morgan fingerprint density at radius 1 is 1.25 bits per heavy atom. The second-order valence-electron chi connectivity index (χ2n) is 6.55. The number of anilines is 2. The van der Waals surface area contributed by atoms with Crippen molar-refractivity contribution in [2.45, 2.75) is 37.8 Å². The maximum absolute atomic E-state index is 6.17. The fourth-order valence-electron chi connectivity index (χ4n) is 3.51. The normalized spacial score (nSPS) is 26.2. The number of hydrogen-bond donors (Lipinski definition) is 1. The quantitative estimate of drug-likeness (QED) is 0.916. The van der Waals surface area contributed by atoms with E-state index in [1.807, 2.05) is 12.4 Å². The van der Waals surface area contributed by atoms with Gasteiger partial charge in [-0.3, -0.25) is 4.98 Å². The van der Waals surface area contributed by atoms with Crippen LogP contribution in [0.15, 0.2) is 31.0 Å². The lowest BCUT2D eigenvalue weighted by atomic mass is 9.97. The molecule has 0 saturated carbocycles. The maximum atomic E-state index is 6.17. The molecule has 2 aliphatic rings. The third kappa shape index (κ3) is 3.03. The predicted octanol–water partition coefficient (Wildman–Crippen LogP) is 1.68. The van der Waals surface area contributed by atoms with Crippen LogP contribution in [0.25, 0.3) is 0 Å². The Bertz CT molecular complexity index is 679. The lowest BCUT2D eigenvalue weighted by molar-refractivity contribution is 0.0228. The molecule has 7 heteroatoms. The van der Waals surface area contributed by atoms with E-state index in [1.165, 1.54) is 0 Å². The van der Waals surface area contributed by atoms with Crippen molar-refractivity contribution in [3.8, 4) is 0 Å². The molecule has 0 amide bonds. The van der Waals surface area contributed by atoms with Crippen LogP contribution in [0.2, 0.25) is 0 Å². The molecule has 2 atom stereocenters. The van der Waals surface area contributed by atoms with Crippen LogP contribution in [-0.2, 0) is 11.2 Å². The summed E-state index contributed by atoms with van der Waals surface area (Å²) in [5, 5.41) is 3.41. The van der Waals surface area contributed by atoms with E-state index < -0.39 is 0 Å². The average molecular weight is 326 g/mol. The van der Waals surface area contributed by atoms with E-state index in [1.54, 1.807) is 18.6 Å². The van der Waals surface area contributed by atoms with Crippen molar-refractivity contribution in [1.29, 1.82) is 0 Å². The second kappa shape index (κ2) is 6.32. The van der Waals surface area contributed by atoms with Gasteiger partial charge in [-0.25, -0.2) is 15.0 Å². The summed E-state index contributed by atoms with van der Waals surface area (Å²) in [5.41, 5.74) is 1.06. The van der Waals surface area contributed by atoms with E-state index in [2.05, 4.69) is 37.1 Å². The fourth-order valence-corrected chi connectivity index (χ4v) is 3.51. The zero-order valence-electron chi connectivity index (χ0n) is 13.9. The summed E-state index contributed by atoms with van der Waals surface area (Å²) in [6, 6.07) is 0.269. The molecule has 0 bridgehead atoms. The Kier molecular flexibility index (Phi) is 4.02. The average Bonchev–Trinajstić information content (AvgIpc) is 3.23. The number of nitrogens with one attached hydrogen (secondary N) is 1. The van der Waals surface area contributed by atoms with Crippen LogP contribution >= 0.6 is 0 Å². The van der Waals surface area contributed by atoms with Gasteiger partial charge in [-0.2, -0.15) is 0 Å². The summed E-state index contributed by atoms with van der Waals surface area (Å²) in [6.45, 7) is 4.58. The highest BCUT2D eigenvalue weighted by molar-refractivity contribution is 5.36. The molecule has 24 heavy (non-hydrogen) atoms.